The summed E-state index contributed by atoms with van der Waals surface area (Å²) in [5.41, 5.74) is 0. The molecule has 39 heavy (non-hydrogen) atoms. The third kappa shape index (κ3) is 77.9. The van der Waals surface area contributed by atoms with Gasteiger partial charge in [-0.05, 0) is 6.92 Å². The van der Waals surface area contributed by atoms with Gasteiger partial charge in [0.2, 0.25) is 0 Å². The first kappa shape index (κ1) is 91.8. The molecule has 1 aliphatic heterocycles. The number of carbonyl (C=O) groups is 1. The van der Waals surface area contributed by atoms with Crippen molar-refractivity contribution in [3.05, 3.63) is 0 Å². The van der Waals surface area contributed by atoms with Crippen LogP contribution in [0.1, 0.15) is 6.92 Å². The molecule has 0 radical (unpaired) electrons. The number of hydrogen-bond acceptors (Lipinski definition) is 14. The third-order valence-corrected chi connectivity index (χ3v) is 2.21. The maximum Gasteiger partial charge on any atom is 2.00 e. The number of carboxylic acid groups (broad SMARTS) is 1. The maximum absolute atomic E-state index is 9.34. The summed E-state index contributed by atoms with van der Waals surface area (Å²) in [6, 6.07) is 0. The largest absolute Gasteiger partial charge is 2.00 e. The van der Waals surface area contributed by atoms with Gasteiger partial charge in [0.15, 0.2) is 6.29 Å². The van der Waals surface area contributed by atoms with Gasteiger partial charge in [-0.1, -0.05) is 0 Å². The Balaban J connectivity index is -0.0000000173. The molecule has 0 aliphatic carbocycles. The van der Waals surface area contributed by atoms with Crippen LogP contribution in [0.3, 0.4) is 0 Å². The summed E-state index contributed by atoms with van der Waals surface area (Å²) in [4.78, 5) is 56.5. The van der Waals surface area contributed by atoms with Crippen molar-refractivity contribution in [2.75, 3.05) is 6.61 Å². The number of ether oxygens (including phenoxy) is 1. The van der Waals surface area contributed by atoms with Crippen LogP contribution in [0.25, 0.3) is 0 Å². The van der Waals surface area contributed by atoms with Gasteiger partial charge in [-0.2, -0.15) is 0 Å². The molecular formula is C9H20Cl4K3MgNa3O17P2. The number of phosphoric acid groups is 2. The van der Waals surface area contributed by atoms with Crippen molar-refractivity contribution in [1.82, 2.24) is 0 Å². The number of rotatable bonds is 2. The van der Waals surface area contributed by atoms with E-state index in [2.05, 4.69) is 4.74 Å². The third-order valence-electron chi connectivity index (χ3n) is 2.21. The molecule has 1 rings (SSSR count). The van der Waals surface area contributed by atoms with Gasteiger partial charge in [0, 0.05) is 0 Å². The molecule has 0 aromatic carbocycles. The van der Waals surface area contributed by atoms with Crippen molar-refractivity contribution in [3.8, 4) is 0 Å². The van der Waals surface area contributed by atoms with Crippen LogP contribution >= 0.6 is 15.6 Å². The molecule has 9 N–H and O–H groups in total. The molecule has 0 amide bonds. The van der Waals surface area contributed by atoms with Crippen LogP contribution in [0.4, 0.5) is 0 Å². The Morgan fingerprint density at radius 1 is 0.821 bits per heavy atom. The van der Waals surface area contributed by atoms with Crippen molar-refractivity contribution in [2.24, 2.45) is 0 Å². The summed E-state index contributed by atoms with van der Waals surface area (Å²) >= 11 is 0. The van der Waals surface area contributed by atoms with E-state index < -0.39 is 65.0 Å². The molecule has 30 heteroatoms. The number of hydrogen-bond donors (Lipinski definition) is 9. The Kier molecular flexibility index (Phi) is 122. The van der Waals surface area contributed by atoms with Crippen molar-refractivity contribution >= 4 is 44.7 Å². The van der Waals surface area contributed by atoms with Crippen LogP contribution in [0, 0.1) is 0 Å². The molecule has 6 unspecified atom stereocenters. The second-order valence-corrected chi connectivity index (χ2v) is 6.59. The topological polar surface area (TPSA) is 335 Å². The average Bonchev–Trinajstić information content (AvgIpc) is 2.46. The first-order valence-corrected chi connectivity index (χ1v) is 9.63. The smallest absolute Gasteiger partial charge is 1.00 e. The van der Waals surface area contributed by atoms with Gasteiger partial charge in [-0.15, -0.1) is 0 Å². The Morgan fingerprint density at radius 2 is 1.03 bits per heavy atom. The molecule has 0 saturated carbocycles. The van der Waals surface area contributed by atoms with E-state index in [1.54, 1.807) is 0 Å². The first-order chi connectivity index (χ1) is 12.2. The zero-order valence-electron chi connectivity index (χ0n) is 22.1. The Labute approximate surface area is 459 Å². The molecule has 1 saturated heterocycles. The number of aliphatic hydroxyl groups excluding tert-OH is 6. The average molecular weight is 815 g/mol. The van der Waals surface area contributed by atoms with Gasteiger partial charge in [0.1, 0.15) is 24.4 Å². The molecular weight excluding hydrogens is 794 g/mol. The van der Waals surface area contributed by atoms with E-state index in [0.29, 0.717) is 0 Å². The van der Waals surface area contributed by atoms with Crippen molar-refractivity contribution in [3.63, 3.8) is 0 Å². The van der Waals surface area contributed by atoms with Gasteiger partial charge >= 0.3 is 266 Å². The quantitative estimate of drug-likeness (QED) is 0.0923. The fraction of sp³-hybridized carbons (Fsp3) is 0.889. The molecule has 0 aromatic heterocycles. The Bertz CT molecular complexity index is 525. The first-order valence-electron chi connectivity index (χ1n) is 6.61. The van der Waals surface area contributed by atoms with Crippen LogP contribution < -0.4 is 312 Å². The maximum atomic E-state index is 9.34. The van der Waals surface area contributed by atoms with Gasteiger partial charge in [-0.25, -0.2) is 0 Å². The molecule has 0 spiro atoms. The van der Waals surface area contributed by atoms with Gasteiger partial charge in [0.05, 0.1) is 26.5 Å². The van der Waals surface area contributed by atoms with Crippen molar-refractivity contribution < 1.29 is 376 Å². The SMILES string of the molecule is CC(O)C(=O)[O-].O=P([O-])(O)O.O=P([O-])([O-])O.OCC1OC(O)C(O)C(O)C1O.[Cl-].[Cl-].[Cl-].[Cl-].[K+].[K+].[K+].[Mg+2].[Na+].[Na+].[Na+]. The normalized spacial score (nSPS) is 20.3. The Morgan fingerprint density at radius 3 is 1.18 bits per heavy atom. The van der Waals surface area contributed by atoms with E-state index in [-0.39, 0.29) is 316 Å². The molecule has 0 aromatic rings. The van der Waals surface area contributed by atoms with E-state index in [1.165, 1.54) is 0 Å². The molecule has 1 aliphatic rings. The number of carboxylic acids is 1. The van der Waals surface area contributed by atoms with Crippen LogP contribution in [0.5, 0.6) is 0 Å². The van der Waals surface area contributed by atoms with E-state index in [0.717, 1.165) is 6.92 Å². The van der Waals surface area contributed by atoms with Crippen LogP contribution in [-0.4, -0.2) is 118 Å². The zero-order valence-corrected chi connectivity index (χ0v) is 43.7. The molecule has 204 valence electrons. The number of carbonyl (C=O) groups excluding carboxylic acids is 1. The van der Waals surface area contributed by atoms with E-state index in [4.69, 9.17) is 69.1 Å². The molecule has 0 bridgehead atoms. The standard InChI is InChI=1S/C6H12O6.C3H6O3.4ClH.3K.Mg.3Na.2H3O4P/c7-1-2-3(8)4(9)5(10)6(11)12-2;1-2(4)3(5)6;;;;;;;;;;;;2*1-5(2,3)4/h2-11H,1H2;2,4H,1H3,(H,5,6);4*1H;;;;;;;;2*(H3,1,2,3,4)/q;;;;;;3*+1;+2;3*+1;;/p-8. The van der Waals surface area contributed by atoms with Crippen LogP contribution in [-0.2, 0) is 18.7 Å². The van der Waals surface area contributed by atoms with Crippen molar-refractivity contribution in [2.45, 2.75) is 43.7 Å². The molecule has 17 nitrogen and oxygen atoms in total. The van der Waals surface area contributed by atoms with Crippen LogP contribution in [0.2, 0.25) is 0 Å². The number of aliphatic hydroxyl groups is 6. The minimum Gasteiger partial charge on any atom is -1.00 e. The molecule has 1 fully saturated rings. The summed E-state index contributed by atoms with van der Waals surface area (Å²) in [6.45, 7) is 0.608. The minimum absolute atomic E-state index is 0. The summed E-state index contributed by atoms with van der Waals surface area (Å²) in [7, 11) is -10.0. The van der Waals surface area contributed by atoms with Crippen LogP contribution in [0.15, 0.2) is 0 Å². The van der Waals surface area contributed by atoms with E-state index in [9.17, 15) is 9.90 Å². The van der Waals surface area contributed by atoms with E-state index >= 15 is 0 Å². The monoisotopic (exact) mass is 812 g/mol. The van der Waals surface area contributed by atoms with Gasteiger partial charge in [-0.3, -0.25) is 4.57 Å². The van der Waals surface area contributed by atoms with Crippen molar-refractivity contribution in [1.29, 1.82) is 0 Å². The second-order valence-electron chi connectivity index (χ2n) is 4.67. The fourth-order valence-electron chi connectivity index (χ4n) is 1.08. The molecule has 1 heterocycles. The second kappa shape index (κ2) is 51.6. The summed E-state index contributed by atoms with van der Waals surface area (Å²) in [6.07, 6.45) is -8.38. The summed E-state index contributed by atoms with van der Waals surface area (Å²) in [5.74, 6) is -1.44. The van der Waals surface area contributed by atoms with Gasteiger partial charge < -0.3 is 129 Å². The summed E-state index contributed by atoms with van der Waals surface area (Å²) in [5, 5.41) is 62.0. The summed E-state index contributed by atoms with van der Waals surface area (Å²) < 4.78 is 22.0. The Hall–Kier alpha value is 9.25. The number of halogens is 4. The van der Waals surface area contributed by atoms with E-state index in [1.807, 2.05) is 0 Å². The number of aliphatic carboxylic acids is 1. The fourth-order valence-corrected chi connectivity index (χ4v) is 1.08. The minimum atomic E-state index is -5.14. The predicted octanol–water partition coefficient (Wildman–Crippen LogP) is -39.2. The molecule has 6 atom stereocenters. The van der Waals surface area contributed by atoms with Gasteiger partial charge in [0.25, 0.3) is 7.82 Å². The zero-order chi connectivity index (χ0) is 23.5. The predicted molar refractivity (Wildman–Crippen MR) is 80.3 cm³/mol.